The smallest absolute Gasteiger partial charge is 0.122 e. The number of aryl methyl sites for hydroxylation is 1. The first-order valence-corrected chi connectivity index (χ1v) is 8.84. The number of benzene rings is 2. The molecule has 2 aromatic carbocycles. The van der Waals surface area contributed by atoms with Crippen molar-refractivity contribution in [2.45, 2.75) is 32.9 Å². The summed E-state index contributed by atoms with van der Waals surface area (Å²) in [5.74, 6) is 1.69. The molecule has 2 aromatic rings. The molecule has 0 spiro atoms. The van der Waals surface area contributed by atoms with E-state index in [-0.39, 0.29) is 0 Å². The van der Waals surface area contributed by atoms with Crippen LogP contribution in [0.5, 0.6) is 11.5 Å². The maximum Gasteiger partial charge on any atom is 0.122 e. The van der Waals surface area contributed by atoms with Crippen LogP contribution < -0.4 is 9.47 Å². The van der Waals surface area contributed by atoms with Gasteiger partial charge in [0.05, 0.1) is 7.11 Å². The van der Waals surface area contributed by atoms with Crippen LogP contribution in [0.25, 0.3) is 0 Å². The molecule has 2 rings (SSSR count). The zero-order chi connectivity index (χ0) is 18.1. The number of methoxy groups -OCH3 is 1. The molecular weight excluding hydrogens is 314 g/mol. The molecule has 0 radical (unpaired) electrons. The third kappa shape index (κ3) is 6.40. The molecule has 0 aliphatic carbocycles. The Morgan fingerprint density at radius 2 is 1.80 bits per heavy atom. The zero-order valence-corrected chi connectivity index (χ0v) is 15.4. The van der Waals surface area contributed by atoms with Gasteiger partial charge in [-0.05, 0) is 49.2 Å². The van der Waals surface area contributed by atoms with Crippen LogP contribution in [-0.2, 0) is 6.54 Å². The molecule has 0 fully saturated rings. The lowest BCUT2D eigenvalue weighted by atomic mass is 10.2. The fourth-order valence-corrected chi connectivity index (χ4v) is 2.80. The van der Waals surface area contributed by atoms with E-state index in [4.69, 9.17) is 9.47 Å². The largest absolute Gasteiger partial charge is 0.497 e. The Balaban J connectivity index is 1.87. The first-order chi connectivity index (χ1) is 12.1. The monoisotopic (exact) mass is 343 g/mol. The van der Waals surface area contributed by atoms with Crippen LogP contribution >= 0.6 is 0 Å². The molecule has 0 bridgehead atoms. The van der Waals surface area contributed by atoms with Crippen LogP contribution in [0.2, 0.25) is 0 Å². The Morgan fingerprint density at radius 1 is 1.08 bits per heavy atom. The summed E-state index contributed by atoms with van der Waals surface area (Å²) in [4.78, 5) is 2.26. The number of aliphatic hydroxyl groups is 1. The Morgan fingerprint density at radius 3 is 2.44 bits per heavy atom. The average Bonchev–Trinajstić information content (AvgIpc) is 2.62. The van der Waals surface area contributed by atoms with E-state index < -0.39 is 6.10 Å². The SMILES string of the molecule is CCCN(Cc1ccc(OC)cc1)CC(O)COc1ccccc1C. The van der Waals surface area contributed by atoms with E-state index in [0.29, 0.717) is 13.2 Å². The Bertz CT molecular complexity index is 627. The van der Waals surface area contributed by atoms with Gasteiger partial charge >= 0.3 is 0 Å². The summed E-state index contributed by atoms with van der Waals surface area (Å²) in [6.45, 7) is 6.79. The third-order valence-electron chi connectivity index (χ3n) is 4.10. The summed E-state index contributed by atoms with van der Waals surface area (Å²) in [7, 11) is 1.67. The fourth-order valence-electron chi connectivity index (χ4n) is 2.80. The van der Waals surface area contributed by atoms with Gasteiger partial charge in [-0.2, -0.15) is 0 Å². The lowest BCUT2D eigenvalue weighted by molar-refractivity contribution is 0.0653. The normalized spacial score (nSPS) is 12.2. The van der Waals surface area contributed by atoms with Crippen LogP contribution in [0, 0.1) is 6.92 Å². The van der Waals surface area contributed by atoms with Gasteiger partial charge in [0.1, 0.15) is 24.2 Å². The molecule has 1 N–H and O–H groups in total. The van der Waals surface area contributed by atoms with Crippen LogP contribution in [0.1, 0.15) is 24.5 Å². The summed E-state index contributed by atoms with van der Waals surface area (Å²) < 4.78 is 11.0. The minimum Gasteiger partial charge on any atom is -0.497 e. The van der Waals surface area contributed by atoms with E-state index in [9.17, 15) is 5.11 Å². The molecule has 25 heavy (non-hydrogen) atoms. The standard InChI is InChI=1S/C21H29NO3/c1-4-13-22(14-18-9-11-20(24-3)12-10-18)15-19(23)16-25-21-8-6-5-7-17(21)2/h5-12,19,23H,4,13-16H2,1-3H3. The van der Waals surface area contributed by atoms with Crippen molar-refractivity contribution in [1.29, 1.82) is 0 Å². The minimum absolute atomic E-state index is 0.299. The van der Waals surface area contributed by atoms with Crippen molar-refractivity contribution >= 4 is 0 Å². The highest BCUT2D eigenvalue weighted by Gasteiger charge is 2.13. The van der Waals surface area contributed by atoms with E-state index in [1.165, 1.54) is 5.56 Å². The maximum atomic E-state index is 10.4. The van der Waals surface area contributed by atoms with Crippen LogP contribution in [-0.4, -0.2) is 42.9 Å². The summed E-state index contributed by atoms with van der Waals surface area (Å²) in [6.07, 6.45) is 0.519. The fraction of sp³-hybridized carbons (Fsp3) is 0.429. The van der Waals surface area contributed by atoms with Gasteiger partial charge in [-0.15, -0.1) is 0 Å². The lowest BCUT2D eigenvalue weighted by Gasteiger charge is -2.25. The highest BCUT2D eigenvalue weighted by Crippen LogP contribution is 2.17. The van der Waals surface area contributed by atoms with Gasteiger partial charge in [0.15, 0.2) is 0 Å². The molecule has 1 atom stereocenters. The van der Waals surface area contributed by atoms with Gasteiger partial charge in [0.2, 0.25) is 0 Å². The van der Waals surface area contributed by atoms with Crippen molar-refractivity contribution in [2.75, 3.05) is 26.8 Å². The van der Waals surface area contributed by atoms with Crippen molar-refractivity contribution < 1.29 is 14.6 Å². The Labute approximate surface area is 151 Å². The van der Waals surface area contributed by atoms with Crippen molar-refractivity contribution in [1.82, 2.24) is 4.90 Å². The van der Waals surface area contributed by atoms with Crippen LogP contribution in [0.4, 0.5) is 0 Å². The number of hydrogen-bond donors (Lipinski definition) is 1. The predicted octanol–water partition coefficient (Wildman–Crippen LogP) is 3.66. The number of ether oxygens (including phenoxy) is 2. The summed E-state index contributed by atoms with van der Waals surface area (Å²) in [6, 6.07) is 15.9. The Hall–Kier alpha value is -2.04. The second kappa shape index (κ2) is 10.1. The average molecular weight is 343 g/mol. The molecule has 0 amide bonds. The molecule has 4 nitrogen and oxygen atoms in total. The van der Waals surface area contributed by atoms with Crippen molar-refractivity contribution in [3.8, 4) is 11.5 Å². The number of nitrogens with zero attached hydrogens (tertiary/aromatic N) is 1. The van der Waals surface area contributed by atoms with Gasteiger partial charge in [-0.25, -0.2) is 0 Å². The van der Waals surface area contributed by atoms with Gasteiger partial charge in [0.25, 0.3) is 0 Å². The molecule has 4 heteroatoms. The summed E-state index contributed by atoms with van der Waals surface area (Å²) in [5, 5.41) is 10.4. The summed E-state index contributed by atoms with van der Waals surface area (Å²) in [5.41, 5.74) is 2.29. The number of para-hydroxylation sites is 1. The Kier molecular flexibility index (Phi) is 7.76. The van der Waals surface area contributed by atoms with Gasteiger partial charge in [-0.3, -0.25) is 4.90 Å². The highest BCUT2D eigenvalue weighted by molar-refractivity contribution is 5.31. The molecule has 0 aromatic heterocycles. The predicted molar refractivity (Wildman–Crippen MR) is 101 cm³/mol. The molecule has 0 aliphatic rings. The highest BCUT2D eigenvalue weighted by atomic mass is 16.5. The zero-order valence-electron chi connectivity index (χ0n) is 15.4. The van der Waals surface area contributed by atoms with E-state index in [2.05, 4.69) is 24.0 Å². The first-order valence-electron chi connectivity index (χ1n) is 8.84. The van der Waals surface area contributed by atoms with Gasteiger partial charge in [-0.1, -0.05) is 37.3 Å². The number of aliphatic hydroxyl groups excluding tert-OH is 1. The van der Waals surface area contributed by atoms with E-state index >= 15 is 0 Å². The second-order valence-electron chi connectivity index (χ2n) is 6.31. The number of rotatable bonds is 10. The van der Waals surface area contributed by atoms with Gasteiger partial charge < -0.3 is 14.6 Å². The van der Waals surface area contributed by atoms with E-state index in [1.807, 2.05) is 43.3 Å². The van der Waals surface area contributed by atoms with Crippen LogP contribution in [0.15, 0.2) is 48.5 Å². The number of hydrogen-bond acceptors (Lipinski definition) is 4. The molecule has 1 unspecified atom stereocenters. The third-order valence-corrected chi connectivity index (χ3v) is 4.10. The minimum atomic E-state index is -0.524. The molecule has 0 aliphatic heterocycles. The second-order valence-corrected chi connectivity index (χ2v) is 6.31. The molecule has 0 saturated carbocycles. The lowest BCUT2D eigenvalue weighted by Crippen LogP contribution is -2.35. The van der Waals surface area contributed by atoms with Gasteiger partial charge in [0, 0.05) is 13.1 Å². The van der Waals surface area contributed by atoms with Crippen molar-refractivity contribution in [3.63, 3.8) is 0 Å². The topological polar surface area (TPSA) is 41.9 Å². The molecule has 0 saturated heterocycles. The molecule has 136 valence electrons. The quantitative estimate of drug-likeness (QED) is 0.715. The maximum absolute atomic E-state index is 10.4. The summed E-state index contributed by atoms with van der Waals surface area (Å²) >= 11 is 0. The first kappa shape index (κ1) is 19.3. The van der Waals surface area contributed by atoms with Crippen molar-refractivity contribution in [3.05, 3.63) is 59.7 Å². The van der Waals surface area contributed by atoms with Crippen molar-refractivity contribution in [2.24, 2.45) is 0 Å². The molecule has 0 heterocycles. The van der Waals surface area contributed by atoms with E-state index in [1.54, 1.807) is 7.11 Å². The molecular formula is C21H29NO3. The van der Waals surface area contributed by atoms with E-state index in [0.717, 1.165) is 36.6 Å². The van der Waals surface area contributed by atoms with Crippen LogP contribution in [0.3, 0.4) is 0 Å².